The lowest BCUT2D eigenvalue weighted by molar-refractivity contribution is 0.0959. The standard InChI is InChI=1S/C27H35N9O2S2/c1-15(33-14-16(2)36-9-5-6-19(36)13-28)12-27(26(29)34-35-30)22-17(10-20(39-22)24(37)31-3)7-8-18-11-21(25(38)32-4)40-23(18)27/h10-11,15,19,33H,2,5-9,12,14H2,1,3-4H3,(H,31,37)(H,32,38)(H3,29,30,34)/t15-,19?/m1/s1. The largest absolute Gasteiger partial charge is 0.358 e. The van der Waals surface area contributed by atoms with E-state index in [4.69, 9.17) is 5.84 Å². The molecule has 3 heterocycles. The van der Waals surface area contributed by atoms with Gasteiger partial charge in [-0.05, 0) is 62.3 Å². The van der Waals surface area contributed by atoms with E-state index in [-0.39, 0.29) is 29.7 Å². The summed E-state index contributed by atoms with van der Waals surface area (Å²) in [5.74, 6) is 5.04. The predicted octanol–water partition coefficient (Wildman–Crippen LogP) is 3.09. The van der Waals surface area contributed by atoms with Gasteiger partial charge < -0.3 is 26.7 Å². The summed E-state index contributed by atoms with van der Waals surface area (Å²) in [6.07, 6.45) is 3.50. The molecule has 1 unspecified atom stereocenters. The molecule has 6 N–H and O–H groups in total. The van der Waals surface area contributed by atoms with E-state index >= 15 is 0 Å². The van der Waals surface area contributed by atoms with Crippen LogP contribution >= 0.6 is 22.7 Å². The molecule has 13 heteroatoms. The Hall–Kier alpha value is -3.60. The van der Waals surface area contributed by atoms with Gasteiger partial charge in [0.05, 0.1) is 15.8 Å². The molecule has 0 radical (unpaired) electrons. The first-order chi connectivity index (χ1) is 19.2. The van der Waals surface area contributed by atoms with E-state index < -0.39 is 5.41 Å². The van der Waals surface area contributed by atoms with E-state index in [1.807, 2.05) is 24.0 Å². The Morgan fingerprint density at radius 1 is 1.23 bits per heavy atom. The third kappa shape index (κ3) is 5.39. The molecule has 2 aromatic rings. The Morgan fingerprint density at radius 2 is 1.80 bits per heavy atom. The molecule has 2 aromatic heterocycles. The van der Waals surface area contributed by atoms with Gasteiger partial charge in [0.1, 0.15) is 11.5 Å². The summed E-state index contributed by atoms with van der Waals surface area (Å²) >= 11 is 2.68. The summed E-state index contributed by atoms with van der Waals surface area (Å²) in [6.45, 7) is 7.53. The highest BCUT2D eigenvalue weighted by molar-refractivity contribution is 7.16. The number of rotatable bonds is 9. The third-order valence-corrected chi connectivity index (χ3v) is 10.3. The SMILES string of the molecule is C=C(CN[C@H](C)CC1(C(=N)/N=N\N)c2sc(C(=O)NC)cc2CCc2cc(C(=O)NC)sc21)N1CCCC1C#N. The van der Waals surface area contributed by atoms with Crippen molar-refractivity contribution in [1.82, 2.24) is 20.9 Å². The van der Waals surface area contributed by atoms with Gasteiger partial charge >= 0.3 is 0 Å². The normalized spacial score (nSPS) is 18.4. The summed E-state index contributed by atoms with van der Waals surface area (Å²) < 4.78 is 0. The zero-order chi connectivity index (χ0) is 29.0. The maximum Gasteiger partial charge on any atom is 0.261 e. The van der Waals surface area contributed by atoms with Crippen molar-refractivity contribution in [3.63, 3.8) is 0 Å². The van der Waals surface area contributed by atoms with E-state index in [0.29, 0.717) is 35.6 Å². The fourth-order valence-corrected chi connectivity index (χ4v) is 8.43. The second kappa shape index (κ2) is 12.3. The van der Waals surface area contributed by atoms with Gasteiger partial charge in [-0.15, -0.1) is 27.8 Å². The molecule has 0 bridgehead atoms. The van der Waals surface area contributed by atoms with Crippen LogP contribution < -0.4 is 21.8 Å². The first kappa shape index (κ1) is 29.4. The second-order valence-corrected chi connectivity index (χ2v) is 12.2. The molecule has 11 nitrogen and oxygen atoms in total. The molecule has 0 saturated carbocycles. The number of amidine groups is 1. The van der Waals surface area contributed by atoms with Gasteiger partial charge in [-0.25, -0.2) is 0 Å². The Kier molecular flexibility index (Phi) is 9.02. The zero-order valence-electron chi connectivity index (χ0n) is 23.0. The van der Waals surface area contributed by atoms with E-state index in [1.165, 1.54) is 22.7 Å². The number of nitrogens with zero attached hydrogens (tertiary/aromatic N) is 4. The number of hydrogen-bond acceptors (Lipinski definition) is 9. The highest BCUT2D eigenvalue weighted by atomic mass is 32.1. The monoisotopic (exact) mass is 581 g/mol. The van der Waals surface area contributed by atoms with Crippen LogP contribution in [-0.4, -0.2) is 61.8 Å². The molecule has 4 rings (SSSR count). The number of thiophene rings is 2. The van der Waals surface area contributed by atoms with Crippen molar-refractivity contribution in [3.8, 4) is 6.07 Å². The maximum absolute atomic E-state index is 12.7. The van der Waals surface area contributed by atoms with Crippen molar-refractivity contribution in [2.75, 3.05) is 27.2 Å². The Balaban J connectivity index is 1.78. The molecule has 0 aromatic carbocycles. The van der Waals surface area contributed by atoms with Gasteiger partial charge in [-0.3, -0.25) is 15.0 Å². The molecular formula is C27H35N9O2S2. The molecule has 0 spiro atoms. The predicted molar refractivity (Wildman–Crippen MR) is 157 cm³/mol. The molecule has 1 aliphatic carbocycles. The highest BCUT2D eigenvalue weighted by Gasteiger charge is 2.48. The minimum Gasteiger partial charge on any atom is -0.358 e. The van der Waals surface area contributed by atoms with Crippen LogP contribution in [0.25, 0.3) is 0 Å². The number of nitriles is 1. The van der Waals surface area contributed by atoms with Gasteiger partial charge in [0.15, 0.2) is 5.84 Å². The number of carbonyl (C=O) groups is 2. The van der Waals surface area contributed by atoms with Crippen LogP contribution in [0, 0.1) is 16.7 Å². The number of hydrogen-bond donors (Lipinski definition) is 5. The Morgan fingerprint density at radius 3 is 2.30 bits per heavy atom. The van der Waals surface area contributed by atoms with Crippen molar-refractivity contribution in [3.05, 3.63) is 55.0 Å². The number of amides is 2. The zero-order valence-corrected chi connectivity index (χ0v) is 24.6. The average Bonchev–Trinajstić information content (AvgIpc) is 3.70. The quantitative estimate of drug-likeness (QED) is 0.100. The summed E-state index contributed by atoms with van der Waals surface area (Å²) in [7, 11) is 3.18. The molecule has 2 amide bonds. The second-order valence-electron chi connectivity index (χ2n) is 10.1. The third-order valence-electron chi connectivity index (χ3n) is 7.60. The van der Waals surface area contributed by atoms with Crippen molar-refractivity contribution >= 4 is 40.3 Å². The minimum atomic E-state index is -1.09. The fraction of sp³-hybridized carbons (Fsp3) is 0.481. The number of nitrogens with two attached hydrogens (primary N) is 1. The van der Waals surface area contributed by atoms with Crippen molar-refractivity contribution in [2.24, 2.45) is 16.2 Å². The number of fused-ring (bicyclic) bond motifs is 2. The Labute approximate surface area is 242 Å². The highest BCUT2D eigenvalue weighted by Crippen LogP contribution is 2.50. The molecule has 2 aliphatic rings. The summed E-state index contributed by atoms with van der Waals surface area (Å²) in [5, 5.41) is 35.1. The lowest BCUT2D eigenvalue weighted by Crippen LogP contribution is -2.43. The van der Waals surface area contributed by atoms with Crippen LogP contribution in [0.2, 0.25) is 0 Å². The maximum atomic E-state index is 12.7. The number of likely N-dealkylation sites (tertiary alicyclic amines) is 1. The molecule has 40 heavy (non-hydrogen) atoms. The van der Waals surface area contributed by atoms with Crippen LogP contribution in [-0.2, 0) is 18.3 Å². The van der Waals surface area contributed by atoms with E-state index in [0.717, 1.165) is 46.0 Å². The smallest absolute Gasteiger partial charge is 0.261 e. The fourth-order valence-electron chi connectivity index (χ4n) is 5.64. The number of aryl methyl sites for hydroxylation is 2. The number of carbonyl (C=O) groups excluding carboxylic acids is 2. The van der Waals surface area contributed by atoms with E-state index in [9.17, 15) is 20.3 Å². The van der Waals surface area contributed by atoms with Crippen LogP contribution in [0.1, 0.15) is 66.4 Å². The molecular weight excluding hydrogens is 546 g/mol. The molecule has 2 atom stereocenters. The molecule has 212 valence electrons. The molecule has 1 saturated heterocycles. The van der Waals surface area contributed by atoms with E-state index in [2.05, 4.69) is 38.9 Å². The van der Waals surface area contributed by atoms with Crippen molar-refractivity contribution in [2.45, 2.75) is 56.5 Å². The van der Waals surface area contributed by atoms with Gasteiger partial charge in [0.25, 0.3) is 11.8 Å². The van der Waals surface area contributed by atoms with Crippen LogP contribution in [0.5, 0.6) is 0 Å². The van der Waals surface area contributed by atoms with Crippen LogP contribution in [0.3, 0.4) is 0 Å². The molecule has 1 fully saturated rings. The van der Waals surface area contributed by atoms with Crippen molar-refractivity contribution in [1.29, 1.82) is 10.7 Å². The Bertz CT molecular complexity index is 1320. The van der Waals surface area contributed by atoms with Gasteiger partial charge in [0.2, 0.25) is 0 Å². The minimum absolute atomic E-state index is 0.0495. The first-order valence-corrected chi connectivity index (χ1v) is 14.8. The van der Waals surface area contributed by atoms with E-state index in [1.54, 1.807) is 14.1 Å². The summed E-state index contributed by atoms with van der Waals surface area (Å²) in [6, 6.07) is 5.83. The first-order valence-electron chi connectivity index (χ1n) is 13.2. The van der Waals surface area contributed by atoms with Crippen LogP contribution in [0.15, 0.2) is 34.7 Å². The summed E-state index contributed by atoms with van der Waals surface area (Å²) in [4.78, 5) is 30.1. The lowest BCUT2D eigenvalue weighted by atomic mass is 9.76. The molecule has 1 aliphatic heterocycles. The average molecular weight is 582 g/mol. The van der Waals surface area contributed by atoms with Gasteiger partial charge in [-0.1, -0.05) is 11.8 Å². The van der Waals surface area contributed by atoms with Gasteiger partial charge in [-0.2, -0.15) is 5.26 Å². The topological polar surface area (TPSA) is 172 Å². The number of nitrogens with one attached hydrogen (secondary N) is 4. The van der Waals surface area contributed by atoms with Crippen LogP contribution in [0.4, 0.5) is 0 Å². The summed E-state index contributed by atoms with van der Waals surface area (Å²) in [5.41, 5.74) is 1.70. The van der Waals surface area contributed by atoms with Crippen molar-refractivity contribution < 1.29 is 9.59 Å². The lowest BCUT2D eigenvalue weighted by Gasteiger charge is -2.35. The van der Waals surface area contributed by atoms with Gasteiger partial charge in [0, 0.05) is 48.7 Å².